The van der Waals surface area contributed by atoms with E-state index in [9.17, 15) is 9.90 Å². The highest BCUT2D eigenvalue weighted by molar-refractivity contribution is 9.10. The molecule has 134 valence electrons. The van der Waals surface area contributed by atoms with E-state index >= 15 is 0 Å². The zero-order chi connectivity index (χ0) is 18.8. The molecule has 0 bridgehead atoms. The number of thiocarbonyl (C=S) groups is 1. The first-order valence-corrected chi connectivity index (χ1v) is 9.51. The number of hydrogen-bond acceptors (Lipinski definition) is 3. The minimum atomic E-state index is -0.380. The number of nitrogens with one attached hydrogen (secondary N) is 1. The molecular weight excluding hydrogens is 412 g/mol. The number of phenols is 1. The van der Waals surface area contributed by atoms with Crippen LogP contribution >= 0.6 is 28.1 Å². The fourth-order valence-corrected chi connectivity index (χ4v) is 3.93. The third-order valence-electron chi connectivity index (χ3n) is 4.50. The van der Waals surface area contributed by atoms with Gasteiger partial charge in [-0.2, -0.15) is 0 Å². The number of ketones is 1. The Hall–Kier alpha value is -2.18. The molecule has 0 aliphatic carbocycles. The second-order valence-corrected chi connectivity index (χ2v) is 7.27. The van der Waals surface area contributed by atoms with Crippen molar-refractivity contribution in [2.24, 2.45) is 0 Å². The summed E-state index contributed by atoms with van der Waals surface area (Å²) in [5.74, 6) is 0.115. The van der Waals surface area contributed by atoms with Gasteiger partial charge in [0.05, 0.1) is 10.5 Å². The number of allylic oxidation sites excluding steroid dienone is 1. The van der Waals surface area contributed by atoms with Crippen LogP contribution in [0.15, 0.2) is 64.3 Å². The standard InChI is InChI=1S/C20H19BrN2O2S/c1-3-23-12(2)17(19(25)13-7-5-4-6-8-13)18(22-20(23)26)14-9-10-16(24)15(21)11-14/h4-11,18,24H,3H2,1-2H3,(H,22,26). The lowest BCUT2D eigenvalue weighted by Crippen LogP contribution is -2.47. The maximum Gasteiger partial charge on any atom is 0.193 e. The zero-order valence-electron chi connectivity index (χ0n) is 14.5. The van der Waals surface area contributed by atoms with Crippen molar-refractivity contribution in [1.29, 1.82) is 0 Å². The molecule has 1 heterocycles. The number of phenolic OH excluding ortho intramolecular Hbond substituents is 1. The van der Waals surface area contributed by atoms with Crippen molar-refractivity contribution in [2.45, 2.75) is 19.9 Å². The third-order valence-corrected chi connectivity index (χ3v) is 5.47. The number of carbonyl (C=O) groups excluding carboxylic acids is 1. The lowest BCUT2D eigenvalue weighted by atomic mass is 9.89. The third kappa shape index (κ3) is 3.39. The van der Waals surface area contributed by atoms with Gasteiger partial charge in [0, 0.05) is 23.4 Å². The Morgan fingerprint density at radius 2 is 1.96 bits per heavy atom. The SMILES string of the molecule is CCN1C(=S)NC(c2ccc(O)c(Br)c2)C(C(=O)c2ccccc2)=C1C. The number of carbonyl (C=O) groups is 1. The van der Waals surface area contributed by atoms with Gasteiger partial charge in [-0.05, 0) is 59.7 Å². The molecule has 2 N–H and O–H groups in total. The maximum absolute atomic E-state index is 13.3. The van der Waals surface area contributed by atoms with Crippen molar-refractivity contribution < 1.29 is 9.90 Å². The summed E-state index contributed by atoms with van der Waals surface area (Å²) in [6, 6.07) is 14.1. The molecule has 1 aliphatic rings. The van der Waals surface area contributed by atoms with Crippen molar-refractivity contribution in [3.8, 4) is 5.75 Å². The van der Waals surface area contributed by atoms with Gasteiger partial charge in [0.1, 0.15) is 5.75 Å². The number of nitrogens with zero attached hydrogens (tertiary/aromatic N) is 1. The Labute approximate surface area is 166 Å². The molecule has 1 aliphatic heterocycles. The molecular formula is C20H19BrN2O2S. The Kier molecular flexibility index (Phi) is 5.44. The molecule has 4 nitrogen and oxygen atoms in total. The predicted octanol–water partition coefficient (Wildman–Crippen LogP) is 4.56. The van der Waals surface area contributed by atoms with Gasteiger partial charge < -0.3 is 15.3 Å². The van der Waals surface area contributed by atoms with E-state index in [1.165, 1.54) is 0 Å². The molecule has 0 fully saturated rings. The molecule has 0 aromatic heterocycles. The molecule has 2 aromatic rings. The van der Waals surface area contributed by atoms with E-state index < -0.39 is 0 Å². The number of benzene rings is 2. The van der Waals surface area contributed by atoms with E-state index in [0.29, 0.717) is 27.3 Å². The Morgan fingerprint density at radius 1 is 1.27 bits per heavy atom. The number of halogens is 1. The van der Waals surface area contributed by atoms with Crippen LogP contribution in [0.3, 0.4) is 0 Å². The zero-order valence-corrected chi connectivity index (χ0v) is 16.9. The van der Waals surface area contributed by atoms with E-state index in [0.717, 1.165) is 11.3 Å². The average molecular weight is 431 g/mol. The Morgan fingerprint density at radius 3 is 2.58 bits per heavy atom. The van der Waals surface area contributed by atoms with Crippen LogP contribution in [0.1, 0.15) is 35.8 Å². The number of Topliss-reactive ketones (excluding diaryl/α,β-unsaturated/α-hetero) is 1. The number of hydrogen-bond donors (Lipinski definition) is 2. The van der Waals surface area contributed by atoms with Gasteiger partial charge >= 0.3 is 0 Å². The molecule has 0 amide bonds. The monoisotopic (exact) mass is 430 g/mol. The molecule has 1 atom stereocenters. The van der Waals surface area contributed by atoms with Crippen LogP contribution in [0.2, 0.25) is 0 Å². The fraction of sp³-hybridized carbons (Fsp3) is 0.200. The summed E-state index contributed by atoms with van der Waals surface area (Å²) >= 11 is 8.85. The first kappa shape index (κ1) is 18.6. The second kappa shape index (κ2) is 7.60. The summed E-state index contributed by atoms with van der Waals surface area (Å²) < 4.78 is 0.574. The van der Waals surface area contributed by atoms with Gasteiger partial charge in [-0.3, -0.25) is 4.79 Å². The molecule has 0 radical (unpaired) electrons. The van der Waals surface area contributed by atoms with Gasteiger partial charge in [0.15, 0.2) is 10.9 Å². The molecule has 0 saturated heterocycles. The second-order valence-electron chi connectivity index (χ2n) is 6.03. The highest BCUT2D eigenvalue weighted by atomic mass is 79.9. The molecule has 26 heavy (non-hydrogen) atoms. The van der Waals surface area contributed by atoms with Crippen LogP contribution in [0.4, 0.5) is 0 Å². The minimum Gasteiger partial charge on any atom is -0.507 e. The molecule has 3 rings (SSSR count). The molecule has 0 saturated carbocycles. The van der Waals surface area contributed by atoms with Crippen LogP contribution in [0.25, 0.3) is 0 Å². The normalized spacial score (nSPS) is 17.3. The van der Waals surface area contributed by atoms with Crippen LogP contribution in [0, 0.1) is 0 Å². The summed E-state index contributed by atoms with van der Waals surface area (Å²) in [6.45, 7) is 4.60. The summed E-state index contributed by atoms with van der Waals surface area (Å²) in [7, 11) is 0. The summed E-state index contributed by atoms with van der Waals surface area (Å²) in [5, 5.41) is 13.7. The van der Waals surface area contributed by atoms with E-state index in [2.05, 4.69) is 21.2 Å². The molecule has 1 unspecified atom stereocenters. The molecule has 0 spiro atoms. The highest BCUT2D eigenvalue weighted by Gasteiger charge is 2.33. The van der Waals surface area contributed by atoms with E-state index in [4.69, 9.17) is 12.2 Å². The first-order chi connectivity index (χ1) is 12.4. The fourth-order valence-electron chi connectivity index (χ4n) is 3.15. The van der Waals surface area contributed by atoms with Crippen molar-refractivity contribution in [1.82, 2.24) is 10.2 Å². The summed E-state index contributed by atoms with van der Waals surface area (Å²) in [5.41, 5.74) is 2.99. The van der Waals surface area contributed by atoms with Crippen LogP contribution in [-0.4, -0.2) is 27.4 Å². The van der Waals surface area contributed by atoms with Crippen molar-refractivity contribution in [2.75, 3.05) is 6.54 Å². The lowest BCUT2D eigenvalue weighted by Gasteiger charge is -2.37. The van der Waals surface area contributed by atoms with E-state index in [-0.39, 0.29) is 17.6 Å². The van der Waals surface area contributed by atoms with E-state index in [1.54, 1.807) is 12.1 Å². The van der Waals surface area contributed by atoms with Gasteiger partial charge in [0.25, 0.3) is 0 Å². The summed E-state index contributed by atoms with van der Waals surface area (Å²) in [6.07, 6.45) is 0. The maximum atomic E-state index is 13.3. The minimum absolute atomic E-state index is 0.0363. The molecule has 6 heteroatoms. The predicted molar refractivity (Wildman–Crippen MR) is 110 cm³/mol. The lowest BCUT2D eigenvalue weighted by molar-refractivity contribution is 0.102. The van der Waals surface area contributed by atoms with Crippen molar-refractivity contribution >= 4 is 39.0 Å². The van der Waals surface area contributed by atoms with Crippen LogP contribution < -0.4 is 5.32 Å². The van der Waals surface area contributed by atoms with Gasteiger partial charge in [-0.1, -0.05) is 36.4 Å². The average Bonchev–Trinajstić information content (AvgIpc) is 2.64. The smallest absolute Gasteiger partial charge is 0.193 e. The van der Waals surface area contributed by atoms with Crippen LogP contribution in [-0.2, 0) is 0 Å². The highest BCUT2D eigenvalue weighted by Crippen LogP contribution is 2.35. The number of aromatic hydroxyl groups is 1. The topological polar surface area (TPSA) is 52.6 Å². The summed E-state index contributed by atoms with van der Waals surface area (Å²) in [4.78, 5) is 15.2. The van der Waals surface area contributed by atoms with Crippen molar-refractivity contribution in [3.63, 3.8) is 0 Å². The number of rotatable bonds is 4. The first-order valence-electron chi connectivity index (χ1n) is 8.31. The van der Waals surface area contributed by atoms with Gasteiger partial charge in [0.2, 0.25) is 0 Å². The molecule has 2 aromatic carbocycles. The Balaban J connectivity index is 2.15. The largest absolute Gasteiger partial charge is 0.507 e. The van der Waals surface area contributed by atoms with Crippen molar-refractivity contribution in [3.05, 3.63) is 75.4 Å². The van der Waals surface area contributed by atoms with Gasteiger partial charge in [-0.25, -0.2) is 0 Å². The van der Waals surface area contributed by atoms with E-state index in [1.807, 2.05) is 55.1 Å². The van der Waals surface area contributed by atoms with Gasteiger partial charge in [-0.15, -0.1) is 0 Å². The van der Waals surface area contributed by atoms with Crippen LogP contribution in [0.5, 0.6) is 5.75 Å². The quantitative estimate of drug-likeness (QED) is 0.549. The Bertz CT molecular complexity index is 896.